The lowest BCUT2D eigenvalue weighted by molar-refractivity contribution is -0.118. The third-order valence-electron chi connectivity index (χ3n) is 3.09. The number of fused-ring (bicyclic) bond motifs is 1. The minimum atomic E-state index is -0.220. The second-order valence-electron chi connectivity index (χ2n) is 4.56. The first kappa shape index (κ1) is 14.9. The molecule has 0 fully saturated rings. The van der Waals surface area contributed by atoms with Crippen molar-refractivity contribution >= 4 is 29.3 Å². The molecule has 2 rings (SSSR count). The molecule has 20 heavy (non-hydrogen) atoms. The van der Waals surface area contributed by atoms with Crippen LogP contribution in [-0.4, -0.2) is 41.1 Å². The van der Waals surface area contributed by atoms with Crippen LogP contribution in [-0.2, 0) is 16.0 Å². The molecule has 3 N–H and O–H groups in total. The van der Waals surface area contributed by atoms with E-state index in [-0.39, 0.29) is 36.0 Å². The van der Waals surface area contributed by atoms with Crippen molar-refractivity contribution in [2.75, 3.05) is 24.2 Å². The molecule has 1 atom stereocenters. The van der Waals surface area contributed by atoms with Gasteiger partial charge in [-0.1, -0.05) is 18.2 Å². The van der Waals surface area contributed by atoms with Crippen LogP contribution in [0.25, 0.3) is 0 Å². The van der Waals surface area contributed by atoms with Crippen LogP contribution < -0.4 is 10.6 Å². The molecule has 1 aliphatic heterocycles. The van der Waals surface area contributed by atoms with Crippen LogP contribution in [0.1, 0.15) is 12.0 Å². The lowest BCUT2D eigenvalue weighted by Gasteiger charge is -2.12. The summed E-state index contributed by atoms with van der Waals surface area (Å²) in [6.07, 6.45) is 1.55. The number of anilines is 1. The molecule has 0 spiro atoms. The van der Waals surface area contributed by atoms with Crippen LogP contribution >= 0.6 is 11.8 Å². The van der Waals surface area contributed by atoms with Crippen molar-refractivity contribution in [2.45, 2.75) is 18.1 Å². The number of para-hydroxylation sites is 1. The number of nitrogens with one attached hydrogen (secondary N) is 2. The van der Waals surface area contributed by atoms with Gasteiger partial charge in [-0.05, 0) is 24.5 Å². The van der Waals surface area contributed by atoms with E-state index >= 15 is 0 Å². The van der Waals surface area contributed by atoms with Gasteiger partial charge in [-0.2, -0.15) is 0 Å². The fourth-order valence-electron chi connectivity index (χ4n) is 2.07. The zero-order valence-corrected chi connectivity index (χ0v) is 11.9. The fraction of sp³-hybridized carbons (Fsp3) is 0.429. The standard InChI is InChI=1S/C14H18N2O3S/c17-8-7-15-13(18)9-20-12-6-5-10-3-1-2-4-11(10)16-14(12)19/h1-4,12,17H,5-9H2,(H,15,18)(H,16,19)/t12-/m0/s1. The predicted molar refractivity (Wildman–Crippen MR) is 79.7 cm³/mol. The normalized spacial score (nSPS) is 17.9. The molecule has 1 aliphatic rings. The molecule has 108 valence electrons. The van der Waals surface area contributed by atoms with Crippen molar-refractivity contribution in [3.05, 3.63) is 29.8 Å². The van der Waals surface area contributed by atoms with E-state index in [1.54, 1.807) is 0 Å². The van der Waals surface area contributed by atoms with Gasteiger partial charge < -0.3 is 15.7 Å². The number of thioether (sulfide) groups is 1. The van der Waals surface area contributed by atoms with E-state index in [0.29, 0.717) is 0 Å². The van der Waals surface area contributed by atoms with E-state index in [9.17, 15) is 9.59 Å². The number of aliphatic hydroxyl groups excluding tert-OH is 1. The number of carbonyl (C=O) groups excluding carboxylic acids is 2. The number of aliphatic hydroxyl groups is 1. The van der Waals surface area contributed by atoms with Crippen molar-refractivity contribution in [1.29, 1.82) is 0 Å². The molecule has 5 nitrogen and oxygen atoms in total. The van der Waals surface area contributed by atoms with Gasteiger partial charge >= 0.3 is 0 Å². The number of hydrogen-bond acceptors (Lipinski definition) is 4. The van der Waals surface area contributed by atoms with Gasteiger partial charge in [0.1, 0.15) is 0 Å². The third kappa shape index (κ3) is 3.98. The average molecular weight is 294 g/mol. The summed E-state index contributed by atoms with van der Waals surface area (Å²) in [5.41, 5.74) is 2.00. The van der Waals surface area contributed by atoms with Gasteiger partial charge in [0.15, 0.2) is 0 Å². The average Bonchev–Trinajstić information content (AvgIpc) is 2.61. The molecule has 0 saturated heterocycles. The summed E-state index contributed by atoms with van der Waals surface area (Å²) in [7, 11) is 0. The predicted octanol–water partition coefficient (Wildman–Crippen LogP) is 0.782. The molecular formula is C14H18N2O3S. The Labute approximate surface area is 122 Å². The summed E-state index contributed by atoms with van der Waals surface area (Å²) < 4.78 is 0. The summed E-state index contributed by atoms with van der Waals surface area (Å²) in [5.74, 6) is 0.0301. The Hall–Kier alpha value is -1.53. The SMILES string of the molecule is O=C(CS[C@H]1CCc2ccccc2NC1=O)NCCO. The summed E-state index contributed by atoms with van der Waals surface area (Å²) in [5, 5.41) is 13.9. The molecule has 0 unspecified atom stereocenters. The van der Waals surface area contributed by atoms with Crippen LogP contribution in [0.15, 0.2) is 24.3 Å². The highest BCUT2D eigenvalue weighted by Crippen LogP contribution is 2.26. The van der Waals surface area contributed by atoms with E-state index in [4.69, 9.17) is 5.11 Å². The Morgan fingerprint density at radius 3 is 3.05 bits per heavy atom. The van der Waals surface area contributed by atoms with E-state index in [0.717, 1.165) is 24.1 Å². The monoisotopic (exact) mass is 294 g/mol. The highest BCUT2D eigenvalue weighted by atomic mass is 32.2. The van der Waals surface area contributed by atoms with E-state index < -0.39 is 0 Å². The first-order chi connectivity index (χ1) is 9.70. The molecule has 6 heteroatoms. The summed E-state index contributed by atoms with van der Waals surface area (Å²) in [6.45, 7) is 0.178. The minimum Gasteiger partial charge on any atom is -0.395 e. The number of hydrogen-bond donors (Lipinski definition) is 3. The molecular weight excluding hydrogens is 276 g/mol. The largest absolute Gasteiger partial charge is 0.395 e. The Bertz CT molecular complexity index is 493. The van der Waals surface area contributed by atoms with Crippen LogP contribution in [0.2, 0.25) is 0 Å². The van der Waals surface area contributed by atoms with Crippen molar-refractivity contribution < 1.29 is 14.7 Å². The molecule has 0 bridgehead atoms. The number of rotatable bonds is 5. The van der Waals surface area contributed by atoms with Gasteiger partial charge in [0, 0.05) is 12.2 Å². The minimum absolute atomic E-state index is 0.0464. The van der Waals surface area contributed by atoms with Crippen LogP contribution in [0, 0.1) is 0 Å². The number of carbonyl (C=O) groups is 2. The van der Waals surface area contributed by atoms with Gasteiger partial charge in [-0.25, -0.2) is 0 Å². The second kappa shape index (κ2) is 7.31. The van der Waals surface area contributed by atoms with Crippen LogP contribution in [0.4, 0.5) is 5.69 Å². The smallest absolute Gasteiger partial charge is 0.237 e. The summed E-state index contributed by atoms with van der Waals surface area (Å²) in [4.78, 5) is 23.6. The second-order valence-corrected chi connectivity index (χ2v) is 5.75. The van der Waals surface area contributed by atoms with Crippen LogP contribution in [0.3, 0.4) is 0 Å². The van der Waals surface area contributed by atoms with E-state index in [1.807, 2.05) is 24.3 Å². The van der Waals surface area contributed by atoms with Crippen molar-refractivity contribution in [3.63, 3.8) is 0 Å². The van der Waals surface area contributed by atoms with E-state index in [1.165, 1.54) is 11.8 Å². The Morgan fingerprint density at radius 2 is 2.25 bits per heavy atom. The highest BCUT2D eigenvalue weighted by molar-refractivity contribution is 8.01. The quantitative estimate of drug-likeness (QED) is 0.750. The molecule has 1 heterocycles. The number of benzene rings is 1. The maximum atomic E-state index is 12.1. The van der Waals surface area contributed by atoms with Crippen molar-refractivity contribution in [2.24, 2.45) is 0 Å². The van der Waals surface area contributed by atoms with Gasteiger partial charge in [-0.15, -0.1) is 11.8 Å². The van der Waals surface area contributed by atoms with Gasteiger partial charge in [0.25, 0.3) is 0 Å². The van der Waals surface area contributed by atoms with Gasteiger partial charge in [0.2, 0.25) is 11.8 Å². The maximum absolute atomic E-state index is 12.1. The highest BCUT2D eigenvalue weighted by Gasteiger charge is 2.24. The molecule has 2 amide bonds. The Morgan fingerprint density at radius 1 is 1.45 bits per heavy atom. The zero-order chi connectivity index (χ0) is 14.4. The molecule has 0 aliphatic carbocycles. The summed E-state index contributed by atoms with van der Waals surface area (Å²) >= 11 is 1.34. The molecule has 0 aromatic heterocycles. The third-order valence-corrected chi connectivity index (χ3v) is 4.37. The van der Waals surface area contributed by atoms with Gasteiger partial charge in [-0.3, -0.25) is 9.59 Å². The summed E-state index contributed by atoms with van der Waals surface area (Å²) in [6, 6.07) is 7.76. The maximum Gasteiger partial charge on any atom is 0.237 e. The number of amides is 2. The zero-order valence-electron chi connectivity index (χ0n) is 11.1. The molecule has 1 aromatic rings. The first-order valence-corrected chi connectivity index (χ1v) is 7.63. The molecule has 1 aromatic carbocycles. The van der Waals surface area contributed by atoms with Gasteiger partial charge in [0.05, 0.1) is 17.6 Å². The molecule has 0 saturated carbocycles. The lowest BCUT2D eigenvalue weighted by atomic mass is 10.1. The van der Waals surface area contributed by atoms with Crippen molar-refractivity contribution in [3.8, 4) is 0 Å². The fourth-order valence-corrected chi connectivity index (χ4v) is 3.02. The molecule has 0 radical (unpaired) electrons. The van der Waals surface area contributed by atoms with Crippen LogP contribution in [0.5, 0.6) is 0 Å². The van der Waals surface area contributed by atoms with Crippen molar-refractivity contribution in [1.82, 2.24) is 5.32 Å². The first-order valence-electron chi connectivity index (χ1n) is 6.58. The Kier molecular flexibility index (Phi) is 5.43. The Balaban J connectivity index is 1.88. The topological polar surface area (TPSA) is 78.4 Å². The number of aryl methyl sites for hydroxylation is 1. The lowest BCUT2D eigenvalue weighted by Crippen LogP contribution is -2.30. The van der Waals surface area contributed by atoms with E-state index in [2.05, 4.69) is 10.6 Å².